The Hall–Kier alpha value is -2.14. The smallest absolute Gasteiger partial charge is 0.209 e. The minimum absolute atomic E-state index is 0.740. The summed E-state index contributed by atoms with van der Waals surface area (Å²) in [6.07, 6.45) is 11.0. The van der Waals surface area contributed by atoms with Crippen LogP contribution in [0.3, 0.4) is 0 Å². The first-order chi connectivity index (χ1) is 13.7. The lowest BCUT2D eigenvalue weighted by Crippen LogP contribution is -2.29. The number of nitrogens with zero attached hydrogens (tertiary/aromatic N) is 4. The highest BCUT2D eigenvalue weighted by atomic mass is 16.1. The number of rotatable bonds is 5. The van der Waals surface area contributed by atoms with Gasteiger partial charge in [0.1, 0.15) is 0 Å². The van der Waals surface area contributed by atoms with E-state index in [1.807, 2.05) is 16.6 Å². The van der Waals surface area contributed by atoms with E-state index in [0.29, 0.717) is 0 Å². The van der Waals surface area contributed by atoms with E-state index in [0.717, 1.165) is 57.2 Å². The molecule has 5 nitrogen and oxygen atoms in total. The molecule has 1 saturated heterocycles. The van der Waals surface area contributed by atoms with E-state index >= 15 is 0 Å². The molecule has 150 valence electrons. The summed E-state index contributed by atoms with van der Waals surface area (Å²) in [6.45, 7) is 4.52. The lowest BCUT2D eigenvalue weighted by molar-refractivity contribution is -0.118. The van der Waals surface area contributed by atoms with Gasteiger partial charge in [-0.05, 0) is 30.7 Å². The molecule has 1 aromatic heterocycles. The number of benzene rings is 1. The molecule has 1 aliphatic carbocycles. The molecule has 2 heterocycles. The van der Waals surface area contributed by atoms with Gasteiger partial charge in [0.2, 0.25) is 6.41 Å². The molecule has 1 saturated carbocycles. The first-order valence-corrected chi connectivity index (χ1v) is 10.8. The van der Waals surface area contributed by atoms with Gasteiger partial charge in [0, 0.05) is 57.1 Å². The molecule has 1 aromatic carbocycles. The van der Waals surface area contributed by atoms with Crippen molar-refractivity contribution in [2.45, 2.75) is 51.0 Å². The highest BCUT2D eigenvalue weighted by molar-refractivity contribution is 5.63. The van der Waals surface area contributed by atoms with Crippen LogP contribution < -0.4 is 0 Å². The summed E-state index contributed by atoms with van der Waals surface area (Å²) in [4.78, 5) is 15.4. The molecule has 0 N–H and O–H groups in total. The summed E-state index contributed by atoms with van der Waals surface area (Å²) >= 11 is 0. The number of aryl methyl sites for hydroxylation is 1. The number of aromatic nitrogens is 2. The number of hydrogen-bond donors (Lipinski definition) is 0. The second-order valence-corrected chi connectivity index (χ2v) is 8.40. The molecule has 0 spiro atoms. The van der Waals surface area contributed by atoms with Crippen molar-refractivity contribution in [1.29, 1.82) is 0 Å². The fraction of sp³-hybridized carbons (Fsp3) is 0.565. The Morgan fingerprint density at radius 3 is 2.54 bits per heavy atom. The van der Waals surface area contributed by atoms with Gasteiger partial charge in [-0.3, -0.25) is 14.4 Å². The van der Waals surface area contributed by atoms with Crippen LogP contribution in [-0.2, 0) is 18.4 Å². The number of carbonyl (C=O) groups excluding carboxylic acids is 1. The van der Waals surface area contributed by atoms with Gasteiger partial charge < -0.3 is 4.90 Å². The quantitative estimate of drug-likeness (QED) is 0.741. The molecule has 5 heteroatoms. The SMILES string of the molecule is Cn1cc(CN2CCCN(C=O)CC2)c(-c2ccc(C3CCCCC3)cc2)n1. The van der Waals surface area contributed by atoms with Gasteiger partial charge in [0.15, 0.2) is 0 Å². The molecule has 28 heavy (non-hydrogen) atoms. The van der Waals surface area contributed by atoms with Crippen molar-refractivity contribution in [3.63, 3.8) is 0 Å². The molecular formula is C23H32N4O. The Balaban J connectivity index is 1.48. The van der Waals surface area contributed by atoms with Gasteiger partial charge in [0.25, 0.3) is 0 Å². The van der Waals surface area contributed by atoms with E-state index in [1.54, 1.807) is 0 Å². The third-order valence-corrected chi connectivity index (χ3v) is 6.33. The largest absolute Gasteiger partial charge is 0.344 e. The standard InChI is InChI=1S/C23H32N4O/c1-25-16-22(17-26-12-5-13-27(18-28)15-14-26)23(24-25)21-10-8-20(9-11-21)19-6-3-2-4-7-19/h8-11,16,18-19H,2-7,12-15,17H2,1H3. The van der Waals surface area contributed by atoms with E-state index in [2.05, 4.69) is 35.4 Å². The molecule has 2 aliphatic rings. The van der Waals surface area contributed by atoms with Gasteiger partial charge >= 0.3 is 0 Å². The minimum atomic E-state index is 0.740. The fourth-order valence-electron chi connectivity index (χ4n) is 4.74. The van der Waals surface area contributed by atoms with Crippen molar-refractivity contribution in [1.82, 2.24) is 19.6 Å². The summed E-state index contributed by atoms with van der Waals surface area (Å²) in [6, 6.07) is 9.15. The summed E-state index contributed by atoms with van der Waals surface area (Å²) < 4.78 is 1.93. The van der Waals surface area contributed by atoms with Crippen LogP contribution in [0.1, 0.15) is 55.6 Å². The van der Waals surface area contributed by atoms with E-state index in [1.165, 1.54) is 48.8 Å². The average Bonchev–Trinajstić information content (AvgIpc) is 2.95. The summed E-state index contributed by atoms with van der Waals surface area (Å²) in [5, 5.41) is 4.77. The Bertz CT molecular complexity index is 776. The normalized spacial score (nSPS) is 19.5. The lowest BCUT2D eigenvalue weighted by Gasteiger charge is -2.22. The van der Waals surface area contributed by atoms with Crippen molar-refractivity contribution in [2.24, 2.45) is 7.05 Å². The highest BCUT2D eigenvalue weighted by Crippen LogP contribution is 2.34. The lowest BCUT2D eigenvalue weighted by atomic mass is 9.84. The maximum Gasteiger partial charge on any atom is 0.209 e. The van der Waals surface area contributed by atoms with Crippen LogP contribution >= 0.6 is 0 Å². The van der Waals surface area contributed by atoms with E-state index in [9.17, 15) is 4.79 Å². The average molecular weight is 381 g/mol. The van der Waals surface area contributed by atoms with E-state index in [4.69, 9.17) is 5.10 Å². The van der Waals surface area contributed by atoms with Crippen molar-refractivity contribution in [2.75, 3.05) is 26.2 Å². The Morgan fingerprint density at radius 1 is 1.00 bits per heavy atom. The first kappa shape index (κ1) is 19.2. The number of hydrogen-bond acceptors (Lipinski definition) is 3. The molecule has 0 atom stereocenters. The van der Waals surface area contributed by atoms with Gasteiger partial charge in [-0.15, -0.1) is 0 Å². The van der Waals surface area contributed by atoms with Crippen LogP contribution in [-0.4, -0.2) is 52.2 Å². The monoisotopic (exact) mass is 380 g/mol. The van der Waals surface area contributed by atoms with Gasteiger partial charge in [-0.25, -0.2) is 0 Å². The molecule has 1 aliphatic heterocycles. The zero-order chi connectivity index (χ0) is 19.3. The van der Waals surface area contributed by atoms with Gasteiger partial charge in [0.05, 0.1) is 5.69 Å². The van der Waals surface area contributed by atoms with Gasteiger partial charge in [-0.2, -0.15) is 5.10 Å². The van der Waals surface area contributed by atoms with Crippen molar-refractivity contribution in [3.8, 4) is 11.3 Å². The minimum Gasteiger partial charge on any atom is -0.344 e. The van der Waals surface area contributed by atoms with E-state index in [-0.39, 0.29) is 0 Å². The zero-order valence-corrected chi connectivity index (χ0v) is 17.0. The fourth-order valence-corrected chi connectivity index (χ4v) is 4.74. The second-order valence-electron chi connectivity index (χ2n) is 8.40. The number of carbonyl (C=O) groups is 1. The van der Waals surface area contributed by atoms with Crippen LogP contribution in [0.25, 0.3) is 11.3 Å². The predicted octanol–water partition coefficient (Wildman–Crippen LogP) is 3.80. The molecular weight excluding hydrogens is 348 g/mol. The van der Waals surface area contributed by atoms with Crippen LogP contribution in [0.5, 0.6) is 0 Å². The molecule has 2 aromatic rings. The molecule has 0 unspecified atom stereocenters. The maximum atomic E-state index is 11.1. The van der Waals surface area contributed by atoms with Crippen LogP contribution in [0, 0.1) is 0 Å². The second kappa shape index (κ2) is 8.91. The Labute approximate surface area is 168 Å². The van der Waals surface area contributed by atoms with Crippen LogP contribution in [0.15, 0.2) is 30.5 Å². The summed E-state index contributed by atoms with van der Waals surface area (Å²) in [5.41, 5.74) is 5.06. The molecule has 4 rings (SSSR count). The van der Waals surface area contributed by atoms with Crippen molar-refractivity contribution in [3.05, 3.63) is 41.6 Å². The van der Waals surface area contributed by atoms with Crippen LogP contribution in [0.2, 0.25) is 0 Å². The van der Waals surface area contributed by atoms with Gasteiger partial charge in [-0.1, -0.05) is 43.5 Å². The Kier molecular flexibility index (Phi) is 6.10. The van der Waals surface area contributed by atoms with E-state index < -0.39 is 0 Å². The molecule has 0 bridgehead atoms. The zero-order valence-electron chi connectivity index (χ0n) is 17.0. The molecule has 2 fully saturated rings. The van der Waals surface area contributed by atoms with Crippen LogP contribution in [0.4, 0.5) is 0 Å². The number of amides is 1. The van der Waals surface area contributed by atoms with Crippen molar-refractivity contribution >= 4 is 6.41 Å². The third-order valence-electron chi connectivity index (χ3n) is 6.33. The topological polar surface area (TPSA) is 41.4 Å². The predicted molar refractivity (Wildman–Crippen MR) is 112 cm³/mol. The van der Waals surface area contributed by atoms with Crippen molar-refractivity contribution < 1.29 is 4.79 Å². The Morgan fingerprint density at radius 2 is 1.79 bits per heavy atom. The summed E-state index contributed by atoms with van der Waals surface area (Å²) in [5.74, 6) is 0.740. The first-order valence-electron chi connectivity index (χ1n) is 10.8. The maximum absolute atomic E-state index is 11.1. The molecule has 0 radical (unpaired) electrons. The summed E-state index contributed by atoms with van der Waals surface area (Å²) in [7, 11) is 2.00. The highest BCUT2D eigenvalue weighted by Gasteiger charge is 2.19. The third kappa shape index (κ3) is 4.46. The molecule has 1 amide bonds.